The van der Waals surface area contributed by atoms with Crippen molar-refractivity contribution in [2.45, 2.75) is 0 Å². The van der Waals surface area contributed by atoms with E-state index in [-0.39, 0.29) is 0 Å². The topological polar surface area (TPSA) is 94.1 Å². The maximum Gasteiger partial charge on any atom is 0.489 e. The van der Waals surface area contributed by atoms with Gasteiger partial charge in [-0.3, -0.25) is 0 Å². The molecule has 1 N–H and O–H groups in total. The molecule has 0 radical (unpaired) electrons. The lowest BCUT2D eigenvalue weighted by Gasteiger charge is -1.90. The van der Waals surface area contributed by atoms with Crippen LogP contribution in [0.3, 0.4) is 0 Å². The zero-order chi connectivity index (χ0) is 6.62. The Labute approximate surface area is 45.3 Å². The number of hydrogen-bond donors (Lipinski definition) is 1. The fraction of sp³-hybridized carbons (Fsp3) is 0. The first-order valence-corrected chi connectivity index (χ1v) is 3.02. The van der Waals surface area contributed by atoms with Crippen LogP contribution in [0.4, 0.5) is 0 Å². The minimum absolute atomic E-state index is 0.909. The molecule has 42 valence electrons. The summed E-state index contributed by atoms with van der Waals surface area (Å²) in [6, 6.07) is 0. The fourth-order valence-electron chi connectivity index (χ4n) is 0.0757. The average molecular weight is 132 g/mol. The summed E-state index contributed by atoms with van der Waals surface area (Å²) in [4.78, 5) is 8.07. The standard InChI is InChI=1S/C2HN2O3P/c3-1-7-8(5,6)2-4/h(H,5,6). The molecule has 0 aliphatic carbocycles. The number of nitrogens with zero attached hydrogens (tertiary/aromatic N) is 2. The highest BCUT2D eigenvalue weighted by Crippen LogP contribution is 2.38. The van der Waals surface area contributed by atoms with Gasteiger partial charge in [0.25, 0.3) is 6.26 Å². The molecule has 1 atom stereocenters. The molecule has 0 aliphatic heterocycles. The van der Waals surface area contributed by atoms with Gasteiger partial charge >= 0.3 is 7.60 Å². The molecule has 6 heteroatoms. The van der Waals surface area contributed by atoms with E-state index in [0.717, 1.165) is 12.1 Å². The van der Waals surface area contributed by atoms with Gasteiger partial charge in [-0.15, -0.1) is 5.26 Å². The Morgan fingerprint density at radius 2 is 2.12 bits per heavy atom. The molecule has 0 aromatic carbocycles. The summed E-state index contributed by atoms with van der Waals surface area (Å²) in [6.07, 6.45) is 0.923. The lowest BCUT2D eigenvalue weighted by atomic mass is 11.6. The second kappa shape index (κ2) is 2.32. The monoisotopic (exact) mass is 132 g/mol. The Bertz CT molecular complexity index is 198. The first-order valence-electron chi connectivity index (χ1n) is 1.44. The molecule has 1 unspecified atom stereocenters. The Morgan fingerprint density at radius 1 is 1.62 bits per heavy atom. The highest BCUT2D eigenvalue weighted by Gasteiger charge is 2.17. The van der Waals surface area contributed by atoms with E-state index < -0.39 is 7.60 Å². The molecule has 0 amide bonds. The predicted octanol–water partition coefficient (Wildman–Crippen LogP) is 0.151. The Hall–Kier alpha value is -1.03. The zero-order valence-electron chi connectivity index (χ0n) is 3.61. The smallest absolute Gasteiger partial charge is 0.339 e. The number of hydrogen-bond acceptors (Lipinski definition) is 4. The van der Waals surface area contributed by atoms with Gasteiger partial charge in [0.1, 0.15) is 0 Å². The molecule has 5 nitrogen and oxygen atoms in total. The van der Waals surface area contributed by atoms with Crippen LogP contribution in [0.15, 0.2) is 0 Å². The van der Waals surface area contributed by atoms with Crippen LogP contribution >= 0.6 is 7.60 Å². The van der Waals surface area contributed by atoms with Crippen molar-refractivity contribution < 1.29 is 14.0 Å². The summed E-state index contributed by atoms with van der Waals surface area (Å²) in [5.41, 5.74) is 0. The van der Waals surface area contributed by atoms with E-state index >= 15 is 0 Å². The van der Waals surface area contributed by atoms with Gasteiger partial charge < -0.3 is 9.42 Å². The van der Waals surface area contributed by atoms with Crippen molar-refractivity contribution in [2.24, 2.45) is 0 Å². The van der Waals surface area contributed by atoms with Crippen molar-refractivity contribution in [2.75, 3.05) is 0 Å². The first kappa shape index (κ1) is 6.97. The molecule has 0 spiro atoms. The van der Waals surface area contributed by atoms with Gasteiger partial charge in [-0.2, -0.15) is 5.26 Å². The van der Waals surface area contributed by atoms with Crippen LogP contribution < -0.4 is 0 Å². The molecule has 0 fully saturated rings. The summed E-state index contributed by atoms with van der Waals surface area (Å²) in [7, 11) is -4.23. The summed E-state index contributed by atoms with van der Waals surface area (Å²) in [6.45, 7) is 0. The molecule has 0 rings (SSSR count). The summed E-state index contributed by atoms with van der Waals surface area (Å²) < 4.78 is 13.4. The lowest BCUT2D eigenvalue weighted by Crippen LogP contribution is -1.74. The molecule has 0 aliphatic rings. The predicted molar refractivity (Wildman–Crippen MR) is 22.1 cm³/mol. The van der Waals surface area contributed by atoms with Crippen LogP contribution in [0.25, 0.3) is 0 Å². The van der Waals surface area contributed by atoms with Crippen LogP contribution in [-0.2, 0) is 9.09 Å². The van der Waals surface area contributed by atoms with E-state index in [1.165, 1.54) is 0 Å². The fourth-order valence-corrected chi connectivity index (χ4v) is 0.227. The number of rotatable bonds is 1. The Kier molecular flexibility index (Phi) is 2.02. The van der Waals surface area contributed by atoms with Crippen molar-refractivity contribution in [3.05, 3.63) is 0 Å². The van der Waals surface area contributed by atoms with Gasteiger partial charge in [0.05, 0.1) is 0 Å². The van der Waals surface area contributed by atoms with Crippen molar-refractivity contribution in [3.63, 3.8) is 0 Å². The molecular weight excluding hydrogens is 131 g/mol. The lowest BCUT2D eigenvalue weighted by molar-refractivity contribution is 0.373. The third-order valence-electron chi connectivity index (χ3n) is 0.291. The second-order valence-corrected chi connectivity index (χ2v) is 2.23. The minimum Gasteiger partial charge on any atom is -0.339 e. The summed E-state index contributed by atoms with van der Waals surface area (Å²) >= 11 is 0. The normalized spacial score (nSPS) is 14.9. The van der Waals surface area contributed by atoms with Crippen molar-refractivity contribution in [1.29, 1.82) is 10.5 Å². The molecule has 0 aromatic heterocycles. The first-order chi connectivity index (χ1) is 3.62. The Balaban J connectivity index is 4.05. The second-order valence-electron chi connectivity index (χ2n) is 0.803. The molecular formula is C2HN2O3P. The maximum absolute atomic E-state index is 9.93. The van der Waals surface area contributed by atoms with Gasteiger partial charge in [-0.25, -0.2) is 4.57 Å². The largest absolute Gasteiger partial charge is 0.489 e. The number of nitriles is 2. The van der Waals surface area contributed by atoms with Crippen LogP contribution in [0.1, 0.15) is 0 Å². The van der Waals surface area contributed by atoms with Gasteiger partial charge in [0, 0.05) is 0 Å². The van der Waals surface area contributed by atoms with E-state index in [1.54, 1.807) is 0 Å². The highest BCUT2D eigenvalue weighted by molar-refractivity contribution is 7.58. The van der Waals surface area contributed by atoms with Crippen LogP contribution in [0, 0.1) is 22.6 Å². The minimum atomic E-state index is -4.23. The van der Waals surface area contributed by atoms with E-state index in [0.29, 0.717) is 0 Å². The van der Waals surface area contributed by atoms with Crippen LogP contribution in [0.5, 0.6) is 0 Å². The van der Waals surface area contributed by atoms with Crippen molar-refractivity contribution in [3.8, 4) is 12.1 Å². The van der Waals surface area contributed by atoms with E-state index in [4.69, 9.17) is 15.4 Å². The van der Waals surface area contributed by atoms with E-state index in [2.05, 4.69) is 4.52 Å². The third-order valence-corrected chi connectivity index (χ3v) is 0.873. The molecule has 0 saturated heterocycles. The van der Waals surface area contributed by atoms with E-state index in [9.17, 15) is 4.57 Å². The molecule has 0 heterocycles. The summed E-state index contributed by atoms with van der Waals surface area (Å²) in [5.74, 6) is 0.909. The van der Waals surface area contributed by atoms with E-state index in [1.807, 2.05) is 0 Å². The van der Waals surface area contributed by atoms with Gasteiger partial charge in [0.2, 0.25) is 0 Å². The van der Waals surface area contributed by atoms with Crippen molar-refractivity contribution in [1.82, 2.24) is 0 Å². The highest BCUT2D eigenvalue weighted by atomic mass is 31.2. The summed E-state index contributed by atoms with van der Waals surface area (Å²) in [5, 5.41) is 15.3. The van der Waals surface area contributed by atoms with Gasteiger partial charge in [-0.1, -0.05) is 0 Å². The van der Waals surface area contributed by atoms with Crippen LogP contribution in [-0.4, -0.2) is 4.89 Å². The quantitative estimate of drug-likeness (QED) is 0.404. The van der Waals surface area contributed by atoms with Crippen LogP contribution in [0.2, 0.25) is 0 Å². The van der Waals surface area contributed by atoms with Gasteiger partial charge in [0.15, 0.2) is 5.81 Å². The SMILES string of the molecule is N#COP(=O)(O)C#N. The molecule has 0 aromatic rings. The Morgan fingerprint density at radius 3 is 2.25 bits per heavy atom. The maximum atomic E-state index is 9.93. The molecule has 0 saturated carbocycles. The van der Waals surface area contributed by atoms with Crippen molar-refractivity contribution >= 4 is 7.60 Å². The van der Waals surface area contributed by atoms with Gasteiger partial charge in [-0.05, 0) is 0 Å². The molecule has 8 heavy (non-hydrogen) atoms. The zero-order valence-corrected chi connectivity index (χ0v) is 4.50. The third kappa shape index (κ3) is 2.20. The molecule has 0 bridgehead atoms. The average Bonchev–Trinajstić information content (AvgIpc) is 1.67.